The summed E-state index contributed by atoms with van der Waals surface area (Å²) in [6, 6.07) is -0.506. The number of β-amino-alcohol motifs (C(OH)–C–C–N with tert-alkyl or cyclic N) is 1. The van der Waals surface area contributed by atoms with E-state index in [1.54, 1.807) is 18.7 Å². The summed E-state index contributed by atoms with van der Waals surface area (Å²) in [4.78, 5) is 39.7. The number of nitrogens with one attached hydrogen (secondary N) is 1. The van der Waals surface area contributed by atoms with Gasteiger partial charge in [-0.25, -0.2) is 4.79 Å². The summed E-state index contributed by atoms with van der Waals surface area (Å²) in [5, 5.41) is 12.2. The molecule has 4 amide bonds. The number of rotatable bonds is 4. The molecular formula is C13H22N4O4. The molecule has 0 spiro atoms. The zero-order valence-corrected chi connectivity index (χ0v) is 12.5. The number of imide groups is 1. The van der Waals surface area contributed by atoms with Crippen molar-refractivity contribution in [3.63, 3.8) is 0 Å². The van der Waals surface area contributed by atoms with Gasteiger partial charge in [0.1, 0.15) is 6.54 Å². The van der Waals surface area contributed by atoms with Crippen molar-refractivity contribution >= 4 is 17.8 Å². The van der Waals surface area contributed by atoms with E-state index < -0.39 is 11.6 Å². The number of urea groups is 1. The molecule has 2 aliphatic rings. The molecular weight excluding hydrogens is 276 g/mol. The van der Waals surface area contributed by atoms with E-state index in [4.69, 9.17) is 0 Å². The van der Waals surface area contributed by atoms with Gasteiger partial charge in [-0.2, -0.15) is 0 Å². The molecule has 8 heteroatoms. The fourth-order valence-electron chi connectivity index (χ4n) is 2.55. The summed E-state index contributed by atoms with van der Waals surface area (Å²) in [5.74, 6) is -0.586. The first kappa shape index (κ1) is 15.7. The Morgan fingerprint density at radius 2 is 1.86 bits per heavy atom. The average Bonchev–Trinajstić information content (AvgIpc) is 2.69. The fourth-order valence-corrected chi connectivity index (χ4v) is 2.55. The second kappa shape index (κ2) is 5.98. The van der Waals surface area contributed by atoms with Gasteiger partial charge in [0.25, 0.3) is 5.91 Å². The number of nitrogens with zero attached hydrogens (tertiary/aromatic N) is 3. The van der Waals surface area contributed by atoms with Crippen LogP contribution in [0.15, 0.2) is 0 Å². The molecule has 2 heterocycles. The van der Waals surface area contributed by atoms with Crippen LogP contribution < -0.4 is 5.32 Å². The molecule has 0 aromatic heterocycles. The van der Waals surface area contributed by atoms with Gasteiger partial charge in [0, 0.05) is 32.7 Å². The maximum atomic E-state index is 12.1. The molecule has 0 aliphatic carbocycles. The standard InChI is InChI=1S/C13H22N4O4/c1-13(2,21)9-15-3-5-16(6-4-15)11(19)8-17-10(18)7-14-12(17)20/h21H,3-9H2,1-2H3,(H,14,20). The van der Waals surface area contributed by atoms with Gasteiger partial charge in [-0.3, -0.25) is 19.4 Å². The van der Waals surface area contributed by atoms with Gasteiger partial charge in [0.2, 0.25) is 5.91 Å². The smallest absolute Gasteiger partial charge is 0.325 e. The Kier molecular flexibility index (Phi) is 4.48. The van der Waals surface area contributed by atoms with E-state index in [9.17, 15) is 19.5 Å². The first-order valence-corrected chi connectivity index (χ1v) is 7.07. The van der Waals surface area contributed by atoms with Crippen molar-refractivity contribution in [2.75, 3.05) is 45.8 Å². The number of carbonyl (C=O) groups is 3. The quantitative estimate of drug-likeness (QED) is 0.613. The van der Waals surface area contributed by atoms with E-state index in [0.29, 0.717) is 32.7 Å². The first-order valence-electron chi connectivity index (χ1n) is 7.07. The lowest BCUT2D eigenvalue weighted by molar-refractivity contribution is -0.138. The summed E-state index contributed by atoms with van der Waals surface area (Å²) < 4.78 is 0. The van der Waals surface area contributed by atoms with Crippen LogP contribution in [0.4, 0.5) is 4.79 Å². The van der Waals surface area contributed by atoms with E-state index in [2.05, 4.69) is 10.2 Å². The van der Waals surface area contributed by atoms with Gasteiger partial charge >= 0.3 is 6.03 Å². The Hall–Kier alpha value is -1.67. The topological polar surface area (TPSA) is 93.2 Å². The molecule has 2 fully saturated rings. The number of piperazine rings is 1. The maximum Gasteiger partial charge on any atom is 0.325 e. The molecule has 2 aliphatic heterocycles. The minimum Gasteiger partial charge on any atom is -0.389 e. The zero-order chi connectivity index (χ0) is 15.6. The molecule has 0 aromatic rings. The lowest BCUT2D eigenvalue weighted by Gasteiger charge is -2.37. The van der Waals surface area contributed by atoms with Gasteiger partial charge in [0.15, 0.2) is 0 Å². The maximum absolute atomic E-state index is 12.1. The van der Waals surface area contributed by atoms with Gasteiger partial charge in [-0.05, 0) is 13.8 Å². The SMILES string of the molecule is CC(C)(O)CN1CCN(C(=O)CN2C(=O)CNC2=O)CC1. The molecule has 118 valence electrons. The van der Waals surface area contributed by atoms with Crippen molar-refractivity contribution in [1.82, 2.24) is 20.0 Å². The molecule has 0 unspecified atom stereocenters. The Bertz CT molecular complexity index is 422. The fraction of sp³-hybridized carbons (Fsp3) is 0.769. The van der Waals surface area contributed by atoms with Crippen molar-refractivity contribution in [3.05, 3.63) is 0 Å². The normalized spacial score (nSPS) is 20.9. The zero-order valence-electron chi connectivity index (χ0n) is 12.5. The molecule has 0 bridgehead atoms. The molecule has 2 saturated heterocycles. The van der Waals surface area contributed by atoms with Crippen LogP contribution in [0.5, 0.6) is 0 Å². The molecule has 0 radical (unpaired) electrons. The van der Waals surface area contributed by atoms with E-state index in [1.807, 2.05) is 0 Å². The van der Waals surface area contributed by atoms with Crippen LogP contribution in [-0.2, 0) is 9.59 Å². The monoisotopic (exact) mass is 298 g/mol. The largest absolute Gasteiger partial charge is 0.389 e. The lowest BCUT2D eigenvalue weighted by Crippen LogP contribution is -2.54. The Labute approximate surface area is 123 Å². The number of carbonyl (C=O) groups excluding carboxylic acids is 3. The lowest BCUT2D eigenvalue weighted by atomic mass is 10.1. The van der Waals surface area contributed by atoms with Gasteiger partial charge in [0.05, 0.1) is 12.1 Å². The average molecular weight is 298 g/mol. The molecule has 0 atom stereocenters. The predicted octanol–water partition coefficient (Wildman–Crippen LogP) is -1.55. The summed E-state index contributed by atoms with van der Waals surface area (Å²) in [5.41, 5.74) is -0.758. The number of amides is 4. The van der Waals surface area contributed by atoms with Crippen LogP contribution in [-0.4, -0.2) is 89.1 Å². The van der Waals surface area contributed by atoms with Crippen molar-refractivity contribution in [3.8, 4) is 0 Å². The minimum atomic E-state index is -0.758. The van der Waals surface area contributed by atoms with Gasteiger partial charge in [-0.1, -0.05) is 0 Å². The van der Waals surface area contributed by atoms with E-state index >= 15 is 0 Å². The van der Waals surface area contributed by atoms with E-state index in [1.165, 1.54) is 0 Å². The van der Waals surface area contributed by atoms with Crippen molar-refractivity contribution in [2.45, 2.75) is 19.4 Å². The number of hydrogen-bond acceptors (Lipinski definition) is 5. The van der Waals surface area contributed by atoms with Crippen molar-refractivity contribution in [2.24, 2.45) is 0 Å². The van der Waals surface area contributed by atoms with E-state index in [-0.39, 0.29) is 24.9 Å². The molecule has 8 nitrogen and oxygen atoms in total. The summed E-state index contributed by atoms with van der Waals surface area (Å²) >= 11 is 0. The Balaban J connectivity index is 1.81. The third kappa shape index (κ3) is 4.15. The van der Waals surface area contributed by atoms with Gasteiger partial charge in [-0.15, -0.1) is 0 Å². The highest BCUT2D eigenvalue weighted by molar-refractivity contribution is 6.04. The van der Waals surface area contributed by atoms with Crippen LogP contribution in [0.25, 0.3) is 0 Å². The van der Waals surface area contributed by atoms with Crippen molar-refractivity contribution < 1.29 is 19.5 Å². The third-order valence-corrected chi connectivity index (χ3v) is 3.57. The summed E-state index contributed by atoms with van der Waals surface area (Å²) in [6.45, 7) is 6.26. The Morgan fingerprint density at radius 3 is 2.33 bits per heavy atom. The third-order valence-electron chi connectivity index (χ3n) is 3.57. The summed E-state index contributed by atoms with van der Waals surface area (Å²) in [6.07, 6.45) is 0. The van der Waals surface area contributed by atoms with E-state index in [0.717, 1.165) is 4.90 Å². The van der Waals surface area contributed by atoms with Crippen LogP contribution in [0, 0.1) is 0 Å². The van der Waals surface area contributed by atoms with Gasteiger partial charge < -0.3 is 15.3 Å². The number of hydrogen-bond donors (Lipinski definition) is 2. The van der Waals surface area contributed by atoms with Crippen LogP contribution >= 0.6 is 0 Å². The highest BCUT2D eigenvalue weighted by Crippen LogP contribution is 2.09. The molecule has 21 heavy (non-hydrogen) atoms. The van der Waals surface area contributed by atoms with Crippen LogP contribution in [0.3, 0.4) is 0 Å². The van der Waals surface area contributed by atoms with Crippen LogP contribution in [0.2, 0.25) is 0 Å². The highest BCUT2D eigenvalue weighted by atomic mass is 16.3. The highest BCUT2D eigenvalue weighted by Gasteiger charge is 2.32. The summed E-state index contributed by atoms with van der Waals surface area (Å²) in [7, 11) is 0. The van der Waals surface area contributed by atoms with Crippen molar-refractivity contribution in [1.29, 1.82) is 0 Å². The predicted molar refractivity (Wildman–Crippen MR) is 74.4 cm³/mol. The second-order valence-electron chi connectivity index (χ2n) is 6.11. The molecule has 2 N–H and O–H groups in total. The Morgan fingerprint density at radius 1 is 1.24 bits per heavy atom. The molecule has 2 rings (SSSR count). The first-order chi connectivity index (χ1) is 9.76. The van der Waals surface area contributed by atoms with Crippen LogP contribution in [0.1, 0.15) is 13.8 Å². The molecule has 0 aromatic carbocycles. The minimum absolute atomic E-state index is 0.0362. The second-order valence-corrected chi connectivity index (χ2v) is 6.11. The molecule has 0 saturated carbocycles. The number of aliphatic hydroxyl groups is 1.